The Morgan fingerprint density at radius 3 is 2.30 bits per heavy atom. The summed E-state index contributed by atoms with van der Waals surface area (Å²) < 4.78 is 28.8. The van der Waals surface area contributed by atoms with E-state index in [1.54, 1.807) is 13.0 Å². The van der Waals surface area contributed by atoms with Crippen molar-refractivity contribution < 1.29 is 13.2 Å². The minimum Gasteiger partial charge on any atom is -0.491 e. The van der Waals surface area contributed by atoms with Gasteiger partial charge >= 0.3 is 0 Å². The lowest BCUT2D eigenvalue weighted by Gasteiger charge is -2.32. The number of sulfonamides is 1. The highest BCUT2D eigenvalue weighted by molar-refractivity contribution is 7.89. The molecule has 0 atom stereocenters. The number of likely N-dealkylation sites (N-methyl/N-ethyl adjacent to an activating group) is 1. The molecular weight excluding hydrogens is 278 g/mol. The van der Waals surface area contributed by atoms with Gasteiger partial charge in [0.05, 0.1) is 4.90 Å². The predicted molar refractivity (Wildman–Crippen MR) is 80.2 cm³/mol. The van der Waals surface area contributed by atoms with E-state index in [-0.39, 0.29) is 10.4 Å². The van der Waals surface area contributed by atoms with Gasteiger partial charge in [0, 0.05) is 22.9 Å². The summed E-state index contributed by atoms with van der Waals surface area (Å²) in [6.07, 6.45) is 0. The van der Waals surface area contributed by atoms with Crippen molar-refractivity contribution in [3.05, 3.63) is 17.7 Å². The molecule has 0 aliphatic carbocycles. The molecule has 0 aromatic heterocycles. The summed E-state index contributed by atoms with van der Waals surface area (Å²) in [7, 11) is 0.0805. The van der Waals surface area contributed by atoms with Crippen LogP contribution in [0.25, 0.3) is 0 Å². The van der Waals surface area contributed by atoms with E-state index in [1.165, 1.54) is 6.07 Å². The number of hydrogen-bond donors (Lipinski definition) is 2. The second kappa shape index (κ2) is 5.59. The first-order chi connectivity index (χ1) is 8.95. The average Bonchev–Trinajstić information content (AvgIpc) is 2.28. The molecule has 0 fully saturated rings. The normalized spacial score (nSPS) is 12.8. The zero-order chi connectivity index (χ0) is 15.7. The molecule has 1 rings (SSSR count). The smallest absolute Gasteiger partial charge is 0.238 e. The molecule has 0 saturated carbocycles. The van der Waals surface area contributed by atoms with Crippen molar-refractivity contribution in [2.24, 2.45) is 5.14 Å². The first-order valence-corrected chi connectivity index (χ1v) is 7.73. The average molecular weight is 301 g/mol. The Balaban J connectivity index is 3.12. The SMILES string of the molecule is Cc1c(OCC(C)(C)N(C)C)cc(N)cc1S(N)(=O)=O. The monoisotopic (exact) mass is 301 g/mol. The molecule has 0 heterocycles. The molecule has 7 heteroatoms. The van der Waals surface area contributed by atoms with Crippen LogP contribution in [0.4, 0.5) is 5.69 Å². The summed E-state index contributed by atoms with van der Waals surface area (Å²) in [6, 6.07) is 2.95. The summed E-state index contributed by atoms with van der Waals surface area (Å²) >= 11 is 0. The molecule has 114 valence electrons. The highest BCUT2D eigenvalue weighted by Gasteiger charge is 2.23. The maximum Gasteiger partial charge on any atom is 0.238 e. The third kappa shape index (κ3) is 3.84. The first kappa shape index (κ1) is 16.7. The number of nitrogens with zero attached hydrogens (tertiary/aromatic N) is 1. The second-order valence-electron chi connectivity index (χ2n) is 5.68. The van der Waals surface area contributed by atoms with Crippen LogP contribution in [0, 0.1) is 6.92 Å². The number of primary sulfonamides is 1. The lowest BCUT2D eigenvalue weighted by atomic mass is 10.1. The molecule has 0 amide bonds. The Bertz CT molecular complexity index is 595. The number of nitrogen functional groups attached to an aromatic ring is 1. The molecule has 0 radical (unpaired) electrons. The van der Waals surface area contributed by atoms with Crippen LogP contribution in [-0.4, -0.2) is 39.6 Å². The van der Waals surface area contributed by atoms with Crippen molar-refractivity contribution in [3.8, 4) is 5.75 Å². The van der Waals surface area contributed by atoms with Gasteiger partial charge < -0.3 is 15.4 Å². The molecule has 0 spiro atoms. The maximum atomic E-state index is 11.5. The Hall–Kier alpha value is -1.31. The van der Waals surface area contributed by atoms with Gasteiger partial charge in [0.2, 0.25) is 10.0 Å². The van der Waals surface area contributed by atoms with Gasteiger partial charge in [0.25, 0.3) is 0 Å². The van der Waals surface area contributed by atoms with Gasteiger partial charge in [0.1, 0.15) is 12.4 Å². The van der Waals surface area contributed by atoms with Crippen molar-refractivity contribution in [2.75, 3.05) is 26.4 Å². The number of benzene rings is 1. The van der Waals surface area contributed by atoms with Gasteiger partial charge in [-0.05, 0) is 40.9 Å². The molecule has 0 aliphatic rings. The van der Waals surface area contributed by atoms with Gasteiger partial charge in [-0.15, -0.1) is 0 Å². The van der Waals surface area contributed by atoms with Crippen LogP contribution in [0.2, 0.25) is 0 Å². The number of anilines is 1. The zero-order valence-corrected chi connectivity index (χ0v) is 13.4. The molecule has 0 bridgehead atoms. The Labute approximate surface area is 120 Å². The van der Waals surface area contributed by atoms with E-state index in [0.717, 1.165) is 0 Å². The zero-order valence-electron chi connectivity index (χ0n) is 12.6. The van der Waals surface area contributed by atoms with Crippen LogP contribution in [0.5, 0.6) is 5.75 Å². The van der Waals surface area contributed by atoms with Gasteiger partial charge in [-0.3, -0.25) is 0 Å². The highest BCUT2D eigenvalue weighted by Crippen LogP contribution is 2.29. The minimum absolute atomic E-state index is 0.00448. The Morgan fingerprint density at radius 1 is 1.30 bits per heavy atom. The molecule has 1 aromatic rings. The maximum absolute atomic E-state index is 11.5. The van der Waals surface area contributed by atoms with Gasteiger partial charge in [-0.1, -0.05) is 0 Å². The summed E-state index contributed by atoms with van der Waals surface area (Å²) in [4.78, 5) is 2.02. The largest absolute Gasteiger partial charge is 0.491 e. The van der Waals surface area contributed by atoms with Crippen molar-refractivity contribution >= 4 is 15.7 Å². The molecule has 4 N–H and O–H groups in total. The van der Waals surface area contributed by atoms with E-state index in [4.69, 9.17) is 15.6 Å². The summed E-state index contributed by atoms with van der Waals surface area (Å²) in [5, 5.41) is 5.18. The summed E-state index contributed by atoms with van der Waals surface area (Å²) in [5.41, 5.74) is 6.29. The van der Waals surface area contributed by atoms with E-state index in [2.05, 4.69) is 0 Å². The third-order valence-electron chi connectivity index (χ3n) is 3.43. The highest BCUT2D eigenvalue weighted by atomic mass is 32.2. The topological polar surface area (TPSA) is 98.7 Å². The first-order valence-electron chi connectivity index (χ1n) is 6.18. The van der Waals surface area contributed by atoms with E-state index in [9.17, 15) is 8.42 Å². The fraction of sp³-hybridized carbons (Fsp3) is 0.538. The van der Waals surface area contributed by atoms with Crippen molar-refractivity contribution in [1.29, 1.82) is 0 Å². The minimum atomic E-state index is -3.82. The van der Waals surface area contributed by atoms with Crippen molar-refractivity contribution in [2.45, 2.75) is 31.2 Å². The van der Waals surface area contributed by atoms with Crippen LogP contribution < -0.4 is 15.6 Å². The quantitative estimate of drug-likeness (QED) is 0.789. The third-order valence-corrected chi connectivity index (χ3v) is 4.47. The predicted octanol–water partition coefficient (Wildman–Crippen LogP) is 0.944. The lowest BCUT2D eigenvalue weighted by molar-refractivity contribution is 0.113. The molecule has 0 unspecified atom stereocenters. The van der Waals surface area contributed by atoms with Crippen LogP contribution in [-0.2, 0) is 10.0 Å². The Morgan fingerprint density at radius 2 is 1.85 bits per heavy atom. The van der Waals surface area contributed by atoms with Crippen LogP contribution in [0.3, 0.4) is 0 Å². The molecule has 0 aliphatic heterocycles. The van der Waals surface area contributed by atoms with E-state index < -0.39 is 10.0 Å². The summed E-state index contributed by atoms with van der Waals surface area (Å²) in [5.74, 6) is 0.434. The number of hydrogen-bond acceptors (Lipinski definition) is 5. The van der Waals surface area contributed by atoms with Gasteiger partial charge in [-0.2, -0.15) is 0 Å². The molecule has 0 saturated heterocycles. The van der Waals surface area contributed by atoms with Crippen LogP contribution >= 0.6 is 0 Å². The standard InChI is InChI=1S/C13H23N3O3S/c1-9-11(19-8-13(2,3)16(4)5)6-10(14)7-12(9)20(15,17)18/h6-7H,8,14H2,1-5H3,(H2,15,17,18). The van der Waals surface area contributed by atoms with E-state index >= 15 is 0 Å². The molecular formula is C13H23N3O3S. The fourth-order valence-electron chi connectivity index (χ4n) is 1.51. The fourth-order valence-corrected chi connectivity index (χ4v) is 2.34. The lowest BCUT2D eigenvalue weighted by Crippen LogP contribution is -2.43. The van der Waals surface area contributed by atoms with E-state index in [0.29, 0.717) is 23.6 Å². The second-order valence-corrected chi connectivity index (χ2v) is 7.21. The van der Waals surface area contributed by atoms with E-state index in [1.807, 2.05) is 32.8 Å². The Kier molecular flexibility index (Phi) is 4.68. The summed E-state index contributed by atoms with van der Waals surface area (Å²) in [6.45, 7) is 6.09. The van der Waals surface area contributed by atoms with Gasteiger partial charge in [-0.25, -0.2) is 13.6 Å². The number of rotatable bonds is 5. The number of nitrogens with two attached hydrogens (primary N) is 2. The van der Waals surface area contributed by atoms with Gasteiger partial charge in [0.15, 0.2) is 0 Å². The van der Waals surface area contributed by atoms with Crippen molar-refractivity contribution in [3.63, 3.8) is 0 Å². The van der Waals surface area contributed by atoms with Crippen LogP contribution in [0.1, 0.15) is 19.4 Å². The molecule has 6 nitrogen and oxygen atoms in total. The molecule has 20 heavy (non-hydrogen) atoms. The molecule has 1 aromatic carbocycles. The van der Waals surface area contributed by atoms with Crippen LogP contribution in [0.15, 0.2) is 17.0 Å². The van der Waals surface area contributed by atoms with Crippen molar-refractivity contribution in [1.82, 2.24) is 4.90 Å². The number of ether oxygens (including phenoxy) is 1.